The Morgan fingerprint density at radius 2 is 1.91 bits per heavy atom. The molecule has 2 aromatic carbocycles. The number of nitrogens with one attached hydrogen (secondary N) is 2. The number of nitrogens with zero attached hydrogens (tertiary/aromatic N) is 3. The molecule has 0 fully saturated rings. The lowest BCUT2D eigenvalue weighted by atomic mass is 10.0. The molecule has 0 aliphatic heterocycles. The van der Waals surface area contributed by atoms with Crippen molar-refractivity contribution in [3.05, 3.63) is 63.7 Å². The Balaban J connectivity index is 2.25. The van der Waals surface area contributed by atoms with E-state index in [2.05, 4.69) is 15.6 Å². The molecule has 3 rings (SSSR count). The normalized spacial score (nSPS) is 12.3. The van der Waals surface area contributed by atoms with Crippen LogP contribution in [-0.2, 0) is 0 Å². The van der Waals surface area contributed by atoms with Crippen molar-refractivity contribution in [3.8, 4) is 5.69 Å². The first kappa shape index (κ1) is 26.0. The quantitative estimate of drug-likeness (QED) is 0.439. The fraction of sp³-hybridized carbons (Fsp3) is 0.333. The largest absolute Gasteiger partial charge is 0.465 e. The monoisotopic (exact) mass is 503 g/mol. The molecule has 0 saturated carbocycles. The van der Waals surface area contributed by atoms with E-state index in [-0.39, 0.29) is 22.8 Å². The van der Waals surface area contributed by atoms with E-state index in [1.165, 1.54) is 9.47 Å². The van der Waals surface area contributed by atoms with E-state index < -0.39 is 35.9 Å². The maximum absolute atomic E-state index is 13.7. The SMILES string of the molecule is C[C@@H](c1nc2cccc(Cl)c2c(=O)n1-c1cccc(NC(=O)NCCF)c1)N(C(=O)O)C(C)(C)C. The van der Waals surface area contributed by atoms with Gasteiger partial charge in [0.25, 0.3) is 5.56 Å². The summed E-state index contributed by atoms with van der Waals surface area (Å²) in [6, 6.07) is 9.84. The topological polar surface area (TPSA) is 117 Å². The molecule has 35 heavy (non-hydrogen) atoms. The van der Waals surface area contributed by atoms with Gasteiger partial charge in [0.2, 0.25) is 0 Å². The predicted octanol–water partition coefficient (Wildman–Crippen LogP) is 4.97. The van der Waals surface area contributed by atoms with Gasteiger partial charge in [0.15, 0.2) is 0 Å². The van der Waals surface area contributed by atoms with Crippen LogP contribution >= 0.6 is 11.6 Å². The minimum Gasteiger partial charge on any atom is -0.465 e. The molecular weight excluding hydrogens is 477 g/mol. The highest BCUT2D eigenvalue weighted by Gasteiger charge is 2.34. The molecule has 1 aromatic heterocycles. The van der Waals surface area contributed by atoms with E-state index in [1.54, 1.807) is 70.2 Å². The van der Waals surface area contributed by atoms with Crippen molar-refractivity contribution in [3.63, 3.8) is 0 Å². The minimum atomic E-state index is -1.17. The zero-order valence-corrected chi connectivity index (χ0v) is 20.6. The van der Waals surface area contributed by atoms with Crippen LogP contribution < -0.4 is 16.2 Å². The number of rotatable bonds is 6. The van der Waals surface area contributed by atoms with Gasteiger partial charge in [-0.2, -0.15) is 0 Å². The molecule has 0 radical (unpaired) electrons. The van der Waals surface area contributed by atoms with Crippen LogP contribution in [0.2, 0.25) is 5.02 Å². The first-order valence-electron chi connectivity index (χ1n) is 10.9. The maximum atomic E-state index is 13.7. The number of hydrogen-bond acceptors (Lipinski definition) is 4. The van der Waals surface area contributed by atoms with Gasteiger partial charge < -0.3 is 15.7 Å². The maximum Gasteiger partial charge on any atom is 0.408 e. The lowest BCUT2D eigenvalue weighted by molar-refractivity contribution is 0.0719. The number of carbonyl (C=O) groups excluding carboxylic acids is 1. The van der Waals surface area contributed by atoms with Gasteiger partial charge in [-0.1, -0.05) is 23.7 Å². The molecule has 0 spiro atoms. The van der Waals surface area contributed by atoms with Crippen LogP contribution in [0.1, 0.15) is 39.6 Å². The molecule has 1 heterocycles. The van der Waals surface area contributed by atoms with Gasteiger partial charge >= 0.3 is 12.1 Å². The first-order chi connectivity index (χ1) is 16.5. The molecule has 3 amide bonds. The summed E-state index contributed by atoms with van der Waals surface area (Å²) < 4.78 is 13.7. The molecule has 186 valence electrons. The summed E-state index contributed by atoms with van der Waals surface area (Å²) in [5, 5.41) is 15.3. The van der Waals surface area contributed by atoms with E-state index in [0.717, 1.165) is 0 Å². The number of amides is 3. The second kappa shape index (κ2) is 10.3. The van der Waals surface area contributed by atoms with Gasteiger partial charge in [0.05, 0.1) is 27.7 Å². The summed E-state index contributed by atoms with van der Waals surface area (Å²) >= 11 is 6.33. The molecule has 3 aromatic rings. The summed E-state index contributed by atoms with van der Waals surface area (Å²) in [6.45, 7) is 6.05. The highest BCUT2D eigenvalue weighted by atomic mass is 35.5. The number of anilines is 1. The van der Waals surface area contributed by atoms with E-state index >= 15 is 0 Å². The van der Waals surface area contributed by atoms with Crippen molar-refractivity contribution in [2.75, 3.05) is 18.5 Å². The summed E-state index contributed by atoms with van der Waals surface area (Å²) in [5.41, 5.74) is -0.265. The number of halogens is 2. The van der Waals surface area contributed by atoms with Crippen molar-refractivity contribution in [2.24, 2.45) is 0 Å². The molecule has 0 saturated heterocycles. The first-order valence-corrected chi connectivity index (χ1v) is 11.3. The summed E-state index contributed by atoms with van der Waals surface area (Å²) in [7, 11) is 0. The fourth-order valence-corrected chi connectivity index (χ4v) is 4.19. The minimum absolute atomic E-state index is 0.141. The van der Waals surface area contributed by atoms with Gasteiger partial charge in [-0.15, -0.1) is 0 Å². The van der Waals surface area contributed by atoms with Crippen molar-refractivity contribution in [1.29, 1.82) is 0 Å². The Morgan fingerprint density at radius 1 is 1.23 bits per heavy atom. The average Bonchev–Trinajstić information content (AvgIpc) is 2.76. The Bertz CT molecular complexity index is 1320. The predicted molar refractivity (Wildman–Crippen MR) is 133 cm³/mol. The number of alkyl halides is 1. The van der Waals surface area contributed by atoms with Crippen LogP contribution in [0, 0.1) is 0 Å². The van der Waals surface area contributed by atoms with Gasteiger partial charge in [-0.25, -0.2) is 19.0 Å². The van der Waals surface area contributed by atoms with Gasteiger partial charge in [-0.05, 0) is 58.0 Å². The Hall–Kier alpha value is -3.66. The molecular formula is C24H27ClFN5O4. The third-order valence-electron chi connectivity index (χ3n) is 5.30. The van der Waals surface area contributed by atoms with E-state index in [1.807, 2.05) is 0 Å². The van der Waals surface area contributed by atoms with E-state index in [4.69, 9.17) is 11.6 Å². The smallest absolute Gasteiger partial charge is 0.408 e. The van der Waals surface area contributed by atoms with Crippen LogP contribution in [-0.4, -0.2) is 50.4 Å². The van der Waals surface area contributed by atoms with Gasteiger partial charge in [0, 0.05) is 17.8 Å². The molecule has 1 atom stereocenters. The standard InChI is InChI=1S/C24H27ClFN5O4/c1-14(31(23(34)35)24(2,3)4)20-29-18-10-6-9-17(25)19(18)21(32)30(20)16-8-5-7-15(13-16)28-22(33)27-12-11-26/h5-10,13-14H,11-12H2,1-4H3,(H,34,35)(H2,27,28,33)/t14-/m0/s1. The third kappa shape index (κ3) is 5.54. The fourth-order valence-electron chi connectivity index (χ4n) is 3.94. The van der Waals surface area contributed by atoms with Crippen LogP contribution in [0.4, 0.5) is 19.7 Å². The van der Waals surface area contributed by atoms with Crippen LogP contribution in [0.15, 0.2) is 47.3 Å². The number of benzene rings is 2. The Morgan fingerprint density at radius 3 is 2.54 bits per heavy atom. The number of hydrogen-bond donors (Lipinski definition) is 3. The zero-order chi connectivity index (χ0) is 25.9. The number of aromatic nitrogens is 2. The Labute approximate surface area is 206 Å². The molecule has 9 nitrogen and oxygen atoms in total. The average molecular weight is 504 g/mol. The van der Waals surface area contributed by atoms with Crippen molar-refractivity contribution >= 4 is 40.3 Å². The lowest BCUT2D eigenvalue weighted by Gasteiger charge is -2.38. The number of fused-ring (bicyclic) bond motifs is 1. The molecule has 0 aliphatic rings. The van der Waals surface area contributed by atoms with Crippen LogP contribution in [0.3, 0.4) is 0 Å². The van der Waals surface area contributed by atoms with Crippen LogP contribution in [0.5, 0.6) is 0 Å². The molecule has 0 aliphatic carbocycles. The molecule has 0 bridgehead atoms. The highest BCUT2D eigenvalue weighted by Crippen LogP contribution is 2.30. The second-order valence-electron chi connectivity index (χ2n) is 8.86. The van der Waals surface area contributed by atoms with E-state index in [0.29, 0.717) is 16.9 Å². The molecule has 0 unspecified atom stereocenters. The van der Waals surface area contributed by atoms with Crippen molar-refractivity contribution in [1.82, 2.24) is 19.8 Å². The highest BCUT2D eigenvalue weighted by molar-refractivity contribution is 6.35. The molecule has 11 heteroatoms. The Kier molecular flexibility index (Phi) is 7.64. The lowest BCUT2D eigenvalue weighted by Crippen LogP contribution is -2.47. The summed E-state index contributed by atoms with van der Waals surface area (Å²) in [6.07, 6.45) is -1.17. The zero-order valence-electron chi connectivity index (χ0n) is 19.8. The second-order valence-corrected chi connectivity index (χ2v) is 9.27. The van der Waals surface area contributed by atoms with Gasteiger partial charge in [0.1, 0.15) is 12.5 Å². The van der Waals surface area contributed by atoms with Crippen molar-refractivity contribution in [2.45, 2.75) is 39.3 Å². The summed E-state index contributed by atoms with van der Waals surface area (Å²) in [4.78, 5) is 43.8. The van der Waals surface area contributed by atoms with E-state index in [9.17, 15) is 23.9 Å². The van der Waals surface area contributed by atoms with Gasteiger partial charge in [-0.3, -0.25) is 14.3 Å². The number of urea groups is 1. The summed E-state index contributed by atoms with van der Waals surface area (Å²) in [5.74, 6) is 0.182. The van der Waals surface area contributed by atoms with Crippen LogP contribution in [0.25, 0.3) is 16.6 Å². The molecule has 3 N–H and O–H groups in total. The van der Waals surface area contributed by atoms with Crippen molar-refractivity contribution < 1.29 is 19.1 Å². The number of carbonyl (C=O) groups is 2. The number of carboxylic acid groups (broad SMARTS) is 1. The third-order valence-corrected chi connectivity index (χ3v) is 5.62.